The van der Waals surface area contributed by atoms with Gasteiger partial charge in [0, 0.05) is 22.3 Å². The lowest BCUT2D eigenvalue weighted by Gasteiger charge is -2.29. The van der Waals surface area contributed by atoms with E-state index in [0.29, 0.717) is 11.5 Å². The van der Waals surface area contributed by atoms with Crippen LogP contribution in [-0.2, 0) is 9.47 Å². The van der Waals surface area contributed by atoms with Crippen LogP contribution in [0.15, 0.2) is 182 Å². The number of phenolic OH excluding ortho intramolecular Hbond substituents is 2. The second kappa shape index (κ2) is 21.1. The first-order valence-electron chi connectivity index (χ1n) is 22.1. The lowest BCUT2D eigenvalue weighted by molar-refractivity contribution is -0.0874. The van der Waals surface area contributed by atoms with Crippen molar-refractivity contribution in [2.24, 2.45) is 0 Å². The second-order valence-electron chi connectivity index (χ2n) is 16.3. The Morgan fingerprint density at radius 3 is 0.985 bits per heavy atom. The van der Waals surface area contributed by atoms with Gasteiger partial charge in [-0.15, -0.1) is 0 Å². The Kier molecular flexibility index (Phi) is 14.6. The molecule has 0 bridgehead atoms. The summed E-state index contributed by atoms with van der Waals surface area (Å²) in [7, 11) is 0. The molecule has 0 spiro atoms. The molecule has 0 saturated carbocycles. The number of phenols is 2. The van der Waals surface area contributed by atoms with Gasteiger partial charge in [0.25, 0.3) is 0 Å². The van der Waals surface area contributed by atoms with Gasteiger partial charge in [0.2, 0.25) is 0 Å². The second-order valence-corrected chi connectivity index (χ2v) is 20.9. The molecule has 0 aliphatic rings. The maximum Gasteiger partial charge on any atom is 0.141 e. The summed E-state index contributed by atoms with van der Waals surface area (Å²) in [6.45, 7) is 0.967. The number of hydrogen-bond donors (Lipinski definition) is 2. The number of fused-ring (bicyclic) bond motifs is 4. The molecule has 6 nitrogen and oxygen atoms in total. The molecular formula is C58H42I4O6. The van der Waals surface area contributed by atoms with Crippen molar-refractivity contribution in [1.29, 1.82) is 0 Å². The number of hydrogen-bond acceptors (Lipinski definition) is 6. The number of ether oxygens (including phenoxy) is 4. The predicted molar refractivity (Wildman–Crippen MR) is 309 cm³/mol. The Labute approximate surface area is 449 Å². The molecule has 0 unspecified atom stereocenters. The zero-order chi connectivity index (χ0) is 46.7. The van der Waals surface area contributed by atoms with E-state index < -0.39 is 12.2 Å². The summed E-state index contributed by atoms with van der Waals surface area (Å²) in [5.74, 6) is 1.82. The molecule has 0 aliphatic heterocycles. The molecule has 0 amide bonds. The average Bonchev–Trinajstić information content (AvgIpc) is 3.36. The fourth-order valence-electron chi connectivity index (χ4n) is 9.12. The Balaban J connectivity index is 0.947. The Morgan fingerprint density at radius 1 is 0.338 bits per heavy atom. The quantitative estimate of drug-likeness (QED) is 0.0787. The van der Waals surface area contributed by atoms with Crippen molar-refractivity contribution in [3.05, 3.63) is 207 Å². The molecule has 10 heteroatoms. The van der Waals surface area contributed by atoms with E-state index in [0.717, 1.165) is 90.8 Å². The minimum Gasteiger partial charge on any atom is -0.506 e. The molecule has 68 heavy (non-hydrogen) atoms. The molecule has 2 atom stereocenters. The van der Waals surface area contributed by atoms with E-state index in [1.54, 1.807) is 0 Å². The molecule has 2 N–H and O–H groups in total. The maximum absolute atomic E-state index is 11.8. The Hall–Kier alpha value is -4.72. The van der Waals surface area contributed by atoms with Crippen LogP contribution >= 0.6 is 90.4 Å². The highest BCUT2D eigenvalue weighted by Crippen LogP contribution is 2.50. The third kappa shape index (κ3) is 9.48. The van der Waals surface area contributed by atoms with Crippen LogP contribution in [0.5, 0.6) is 23.0 Å². The highest BCUT2D eigenvalue weighted by molar-refractivity contribution is 14.1. The monoisotopic (exact) mass is 1340 g/mol. The fourth-order valence-corrected chi connectivity index (χ4v) is 11.9. The summed E-state index contributed by atoms with van der Waals surface area (Å²) >= 11 is 9.11. The summed E-state index contributed by atoms with van der Waals surface area (Å²) in [5.41, 5.74) is 5.11. The number of rotatable bonds is 15. The molecule has 0 aromatic heterocycles. The number of aromatic hydroxyl groups is 2. The molecule has 10 aromatic carbocycles. The summed E-state index contributed by atoms with van der Waals surface area (Å²) in [5, 5.41) is 31.6. The summed E-state index contributed by atoms with van der Waals surface area (Å²) in [6.07, 6.45) is -1.01. The molecule has 10 aromatic rings. The molecule has 338 valence electrons. The van der Waals surface area contributed by atoms with Gasteiger partial charge in [-0.25, -0.2) is 0 Å². The SMILES string of the molecule is Oc1c(I)cc2ccccc2c1-c1c(OCCO[C@@H](c2ccccc2)[C@@H](OCCOc2c(I)cc3ccccc3c2-c2c(O)c(I)cc3ccccc23)c2ccccc2)c(I)cc2ccccc12. The van der Waals surface area contributed by atoms with Gasteiger partial charge in [0.15, 0.2) is 0 Å². The van der Waals surface area contributed by atoms with Gasteiger partial charge < -0.3 is 29.2 Å². The van der Waals surface area contributed by atoms with Gasteiger partial charge in [-0.3, -0.25) is 0 Å². The van der Waals surface area contributed by atoms with Crippen LogP contribution in [0.2, 0.25) is 0 Å². The summed E-state index contributed by atoms with van der Waals surface area (Å²) in [6, 6.07) is 61.4. The molecule has 0 heterocycles. The number of benzene rings is 10. The highest BCUT2D eigenvalue weighted by atomic mass is 127. The van der Waals surface area contributed by atoms with Crippen molar-refractivity contribution in [3.63, 3.8) is 0 Å². The minimum atomic E-state index is -0.507. The summed E-state index contributed by atoms with van der Waals surface area (Å²) in [4.78, 5) is 0. The lowest BCUT2D eigenvalue weighted by Crippen LogP contribution is -2.22. The molecule has 0 aliphatic carbocycles. The number of halogens is 4. The van der Waals surface area contributed by atoms with Crippen LogP contribution < -0.4 is 9.47 Å². The topological polar surface area (TPSA) is 77.4 Å². The average molecular weight is 1340 g/mol. The van der Waals surface area contributed by atoms with Crippen molar-refractivity contribution in [3.8, 4) is 45.3 Å². The van der Waals surface area contributed by atoms with Crippen molar-refractivity contribution < 1.29 is 29.2 Å². The third-order valence-corrected chi connectivity index (χ3v) is 15.4. The van der Waals surface area contributed by atoms with E-state index in [-0.39, 0.29) is 37.9 Å². The summed E-state index contributed by atoms with van der Waals surface area (Å²) < 4.78 is 30.8. The highest BCUT2D eigenvalue weighted by Gasteiger charge is 2.29. The van der Waals surface area contributed by atoms with Crippen LogP contribution in [-0.4, -0.2) is 36.6 Å². The molecule has 0 saturated heterocycles. The van der Waals surface area contributed by atoms with Crippen molar-refractivity contribution >= 4 is 133 Å². The molecule has 10 rings (SSSR count). The van der Waals surface area contributed by atoms with Gasteiger partial charge in [0.1, 0.15) is 48.4 Å². The first-order chi connectivity index (χ1) is 33.3. The van der Waals surface area contributed by atoms with E-state index in [2.05, 4.69) is 175 Å². The largest absolute Gasteiger partial charge is 0.506 e. The van der Waals surface area contributed by atoms with Gasteiger partial charge in [-0.2, -0.15) is 0 Å². The smallest absolute Gasteiger partial charge is 0.141 e. The van der Waals surface area contributed by atoms with Gasteiger partial charge in [0.05, 0.1) is 27.5 Å². The fraction of sp³-hybridized carbons (Fsp3) is 0.103. The minimum absolute atomic E-state index is 0.224. The zero-order valence-corrected chi connectivity index (χ0v) is 45.0. The van der Waals surface area contributed by atoms with Crippen LogP contribution in [0, 0.1) is 14.3 Å². The first kappa shape index (κ1) is 47.0. The third-order valence-electron chi connectivity index (χ3n) is 12.1. The normalized spacial score (nSPS) is 12.5. The van der Waals surface area contributed by atoms with E-state index in [1.807, 2.05) is 97.1 Å². The van der Waals surface area contributed by atoms with E-state index in [9.17, 15) is 10.2 Å². The van der Waals surface area contributed by atoms with E-state index in [4.69, 9.17) is 18.9 Å². The standard InChI is InChI=1S/C58H42I4O6/c59-45-31-37-19-7-11-23-41(37)49(53(45)63)51-43-25-13-9-21-39(43)33-47(61)57(51)67-29-27-65-55(35-15-3-1-4-16-35)56(36-17-5-2-6-18-36)66-28-30-68-58-48(62)34-40-22-10-14-26-44(40)52(58)50-42-24-12-8-20-38(42)32-46(60)54(50)64/h1-26,31-34,55-56,63-64H,27-30H2/t55-,56-/m0/s1. The zero-order valence-electron chi connectivity index (χ0n) is 36.3. The Bertz CT molecular complexity index is 3230. The van der Waals surface area contributed by atoms with Crippen molar-refractivity contribution in [2.75, 3.05) is 26.4 Å². The van der Waals surface area contributed by atoms with Crippen molar-refractivity contribution in [2.45, 2.75) is 12.2 Å². The van der Waals surface area contributed by atoms with Gasteiger partial charge in [-0.05, 0) is 169 Å². The van der Waals surface area contributed by atoms with Gasteiger partial charge >= 0.3 is 0 Å². The van der Waals surface area contributed by atoms with E-state index >= 15 is 0 Å². The van der Waals surface area contributed by atoms with Crippen molar-refractivity contribution in [1.82, 2.24) is 0 Å². The van der Waals surface area contributed by atoms with Crippen LogP contribution in [0.4, 0.5) is 0 Å². The first-order valence-corrected chi connectivity index (χ1v) is 26.4. The van der Waals surface area contributed by atoms with Crippen LogP contribution in [0.3, 0.4) is 0 Å². The lowest BCUT2D eigenvalue weighted by atomic mass is 9.92. The van der Waals surface area contributed by atoms with Gasteiger partial charge in [-0.1, -0.05) is 158 Å². The van der Waals surface area contributed by atoms with Crippen LogP contribution in [0.1, 0.15) is 23.3 Å². The maximum atomic E-state index is 11.8. The molecular weight excluding hydrogens is 1300 g/mol. The van der Waals surface area contributed by atoms with E-state index in [1.165, 1.54) is 0 Å². The Morgan fingerprint density at radius 2 is 0.632 bits per heavy atom. The predicted octanol–water partition coefficient (Wildman–Crippen LogP) is 16.4. The molecule has 0 radical (unpaired) electrons. The molecule has 0 fully saturated rings. The van der Waals surface area contributed by atoms with Crippen LogP contribution in [0.25, 0.3) is 65.3 Å².